The lowest BCUT2D eigenvalue weighted by Crippen LogP contribution is -2.22. The van der Waals surface area contributed by atoms with Crippen molar-refractivity contribution >= 4 is 22.2 Å². The van der Waals surface area contributed by atoms with E-state index in [2.05, 4.69) is 4.98 Å². The summed E-state index contributed by atoms with van der Waals surface area (Å²) in [7, 11) is 0. The Hall–Kier alpha value is -2.15. The number of aromatic amines is 1. The summed E-state index contributed by atoms with van der Waals surface area (Å²) in [6, 6.07) is 9.46. The fraction of sp³-hybridized carbons (Fsp3) is 0.409. The maximum atomic E-state index is 12.9. The predicted octanol–water partition coefficient (Wildman–Crippen LogP) is 4.29. The smallest absolute Gasteiger partial charge is 0.260 e. The van der Waals surface area contributed by atoms with Crippen molar-refractivity contribution in [2.45, 2.75) is 32.3 Å². The number of aliphatic hydroxyl groups is 1. The molecular weight excluding hydrogens is 374 g/mol. The van der Waals surface area contributed by atoms with Crippen molar-refractivity contribution in [2.24, 2.45) is 5.92 Å². The number of ether oxygens (including phenoxy) is 2. The molecule has 4 rings (SSSR count). The molecule has 3 heterocycles. The highest BCUT2D eigenvalue weighted by Gasteiger charge is 2.22. The summed E-state index contributed by atoms with van der Waals surface area (Å²) >= 11 is 1.51. The van der Waals surface area contributed by atoms with E-state index in [1.54, 1.807) is 13.8 Å². The maximum Gasteiger partial charge on any atom is 0.260 e. The van der Waals surface area contributed by atoms with Crippen molar-refractivity contribution in [2.75, 3.05) is 19.8 Å². The van der Waals surface area contributed by atoms with Gasteiger partial charge in [0.05, 0.1) is 23.3 Å². The number of aromatic nitrogens is 1. The molecule has 0 amide bonds. The van der Waals surface area contributed by atoms with Crippen molar-refractivity contribution in [3.63, 3.8) is 0 Å². The zero-order valence-corrected chi connectivity index (χ0v) is 17.0. The van der Waals surface area contributed by atoms with Gasteiger partial charge in [0, 0.05) is 23.5 Å². The van der Waals surface area contributed by atoms with Gasteiger partial charge in [-0.25, -0.2) is 0 Å². The third-order valence-corrected chi connectivity index (χ3v) is 6.13. The molecule has 2 aromatic heterocycles. The molecule has 2 N–H and O–H groups in total. The summed E-state index contributed by atoms with van der Waals surface area (Å²) in [5, 5.41) is 13.2. The van der Waals surface area contributed by atoms with Gasteiger partial charge in [-0.2, -0.15) is 0 Å². The van der Waals surface area contributed by atoms with Crippen LogP contribution in [0.3, 0.4) is 0 Å². The van der Waals surface area contributed by atoms with E-state index in [4.69, 9.17) is 9.47 Å². The fourth-order valence-electron chi connectivity index (χ4n) is 3.55. The SMILES string of the molecule is CC(C)(O)c1ccc2[nH]c(=O)c(-c3cccs3)c(OCC3CCOCC3)c2c1. The van der Waals surface area contributed by atoms with Crippen molar-refractivity contribution in [1.29, 1.82) is 0 Å². The molecular formula is C22H25NO4S. The number of fused-ring (bicyclic) bond motifs is 1. The van der Waals surface area contributed by atoms with Crippen molar-refractivity contribution in [3.05, 3.63) is 51.6 Å². The minimum Gasteiger partial charge on any atom is -0.492 e. The number of hydrogen-bond acceptors (Lipinski definition) is 5. The topological polar surface area (TPSA) is 71.5 Å². The van der Waals surface area contributed by atoms with Crippen LogP contribution >= 0.6 is 11.3 Å². The van der Waals surface area contributed by atoms with E-state index in [9.17, 15) is 9.90 Å². The molecule has 1 fully saturated rings. The Balaban J connectivity index is 1.85. The number of rotatable bonds is 5. The second-order valence-corrected chi connectivity index (χ2v) is 8.77. The predicted molar refractivity (Wildman–Crippen MR) is 112 cm³/mol. The quantitative estimate of drug-likeness (QED) is 0.671. The van der Waals surface area contributed by atoms with Crippen LogP contribution in [0.1, 0.15) is 32.3 Å². The Morgan fingerprint density at radius 3 is 2.75 bits per heavy atom. The number of hydrogen-bond donors (Lipinski definition) is 2. The van der Waals surface area contributed by atoms with Crippen LogP contribution in [0.25, 0.3) is 21.3 Å². The number of pyridine rings is 1. The van der Waals surface area contributed by atoms with Crippen LogP contribution in [-0.2, 0) is 10.3 Å². The Labute approximate surface area is 167 Å². The first-order chi connectivity index (χ1) is 13.4. The van der Waals surface area contributed by atoms with Crippen LogP contribution in [0.2, 0.25) is 0 Å². The number of nitrogens with one attached hydrogen (secondary N) is 1. The average Bonchev–Trinajstić information content (AvgIpc) is 3.19. The van der Waals surface area contributed by atoms with Gasteiger partial charge >= 0.3 is 0 Å². The van der Waals surface area contributed by atoms with Gasteiger partial charge in [0.2, 0.25) is 0 Å². The van der Waals surface area contributed by atoms with Gasteiger partial charge in [0.25, 0.3) is 5.56 Å². The molecule has 28 heavy (non-hydrogen) atoms. The Kier molecular flexibility index (Phi) is 5.27. The van der Waals surface area contributed by atoms with E-state index in [0.717, 1.165) is 41.9 Å². The van der Waals surface area contributed by atoms with Crippen LogP contribution in [0.4, 0.5) is 0 Å². The van der Waals surface area contributed by atoms with E-state index in [1.807, 2.05) is 35.7 Å². The molecule has 0 radical (unpaired) electrons. The van der Waals surface area contributed by atoms with Crippen LogP contribution < -0.4 is 10.3 Å². The highest BCUT2D eigenvalue weighted by Crippen LogP contribution is 2.37. The first kappa shape index (κ1) is 19.2. The maximum absolute atomic E-state index is 12.9. The van der Waals surface area contributed by atoms with Gasteiger partial charge in [-0.05, 0) is 61.7 Å². The summed E-state index contributed by atoms with van der Waals surface area (Å²) in [6.45, 7) is 5.56. The molecule has 1 aromatic carbocycles. The molecule has 0 aliphatic carbocycles. The summed E-state index contributed by atoms with van der Waals surface area (Å²) in [5.41, 5.74) is 0.904. The molecule has 6 heteroatoms. The highest BCUT2D eigenvalue weighted by molar-refractivity contribution is 7.13. The second-order valence-electron chi connectivity index (χ2n) is 7.82. The lowest BCUT2D eigenvalue weighted by molar-refractivity contribution is 0.0500. The van der Waals surface area contributed by atoms with Gasteiger partial charge in [-0.3, -0.25) is 4.79 Å². The molecule has 3 aromatic rings. The van der Waals surface area contributed by atoms with Crippen molar-refractivity contribution in [1.82, 2.24) is 4.98 Å². The fourth-order valence-corrected chi connectivity index (χ4v) is 4.32. The number of benzene rings is 1. The standard InChI is InChI=1S/C22H25NO4S/c1-22(2,25)15-5-6-17-16(12-15)20(27-13-14-7-9-26-10-8-14)19(21(24)23-17)18-4-3-11-28-18/h3-6,11-12,14,25H,7-10,13H2,1-2H3,(H,23,24). The normalized spacial score (nSPS) is 15.8. The lowest BCUT2D eigenvalue weighted by atomic mass is 9.96. The molecule has 148 valence electrons. The van der Waals surface area contributed by atoms with Crippen LogP contribution in [0.15, 0.2) is 40.5 Å². The molecule has 1 aliphatic heterocycles. The summed E-state index contributed by atoms with van der Waals surface area (Å²) in [4.78, 5) is 16.7. The zero-order chi connectivity index (χ0) is 19.7. The molecule has 1 aliphatic rings. The third-order valence-electron chi connectivity index (χ3n) is 5.24. The second kappa shape index (κ2) is 7.70. The minimum atomic E-state index is -0.981. The lowest BCUT2D eigenvalue weighted by Gasteiger charge is -2.24. The van der Waals surface area contributed by atoms with Crippen molar-refractivity contribution < 1.29 is 14.6 Å². The van der Waals surface area contributed by atoms with Crippen LogP contribution in [0, 0.1) is 5.92 Å². The molecule has 0 atom stereocenters. The van der Waals surface area contributed by atoms with Gasteiger partial charge in [-0.1, -0.05) is 12.1 Å². The number of thiophene rings is 1. The third kappa shape index (κ3) is 3.85. The highest BCUT2D eigenvalue weighted by atomic mass is 32.1. The molecule has 0 bridgehead atoms. The van der Waals surface area contributed by atoms with Gasteiger partial charge in [-0.15, -0.1) is 11.3 Å². The largest absolute Gasteiger partial charge is 0.492 e. The Bertz CT molecular complexity index is 1010. The number of H-pyrrole nitrogens is 1. The molecule has 5 nitrogen and oxygen atoms in total. The Morgan fingerprint density at radius 2 is 2.07 bits per heavy atom. The minimum absolute atomic E-state index is 0.159. The molecule has 0 spiro atoms. The first-order valence-corrected chi connectivity index (χ1v) is 10.5. The van der Waals surface area contributed by atoms with E-state index in [0.29, 0.717) is 29.4 Å². The zero-order valence-electron chi connectivity index (χ0n) is 16.2. The summed E-state index contributed by atoms with van der Waals surface area (Å²) in [6.07, 6.45) is 1.93. The summed E-state index contributed by atoms with van der Waals surface area (Å²) < 4.78 is 11.8. The first-order valence-electron chi connectivity index (χ1n) is 9.61. The molecule has 0 unspecified atom stereocenters. The molecule has 0 saturated carbocycles. The van der Waals surface area contributed by atoms with Gasteiger partial charge in [0.15, 0.2) is 0 Å². The van der Waals surface area contributed by atoms with Crippen molar-refractivity contribution in [3.8, 4) is 16.2 Å². The monoisotopic (exact) mass is 399 g/mol. The van der Waals surface area contributed by atoms with Crippen LogP contribution in [0.5, 0.6) is 5.75 Å². The average molecular weight is 400 g/mol. The molecule has 1 saturated heterocycles. The van der Waals surface area contributed by atoms with Crippen LogP contribution in [-0.4, -0.2) is 29.9 Å². The Morgan fingerprint density at radius 1 is 1.29 bits per heavy atom. The van der Waals surface area contributed by atoms with Gasteiger partial charge in [0.1, 0.15) is 5.75 Å². The van der Waals surface area contributed by atoms with E-state index in [-0.39, 0.29) is 5.56 Å². The van der Waals surface area contributed by atoms with E-state index in [1.165, 1.54) is 11.3 Å². The van der Waals surface area contributed by atoms with Gasteiger partial charge < -0.3 is 19.6 Å². The van der Waals surface area contributed by atoms with E-state index >= 15 is 0 Å². The summed E-state index contributed by atoms with van der Waals surface area (Å²) in [5.74, 6) is 1.01. The van der Waals surface area contributed by atoms with E-state index < -0.39 is 5.60 Å².